The largest absolute Gasteiger partial charge is 0.383 e. The lowest BCUT2D eigenvalue weighted by Gasteiger charge is -2.32. The number of nitrogens with zero attached hydrogens (tertiary/aromatic N) is 6. The highest BCUT2D eigenvalue weighted by atomic mass is 19.1. The molecular formula is C27H27FN8O2. The highest BCUT2D eigenvalue weighted by Crippen LogP contribution is 2.33. The molecule has 0 saturated carbocycles. The summed E-state index contributed by atoms with van der Waals surface area (Å²) < 4.78 is 14.9. The fraction of sp³-hybridized carbons (Fsp3) is 0.259. The van der Waals surface area contributed by atoms with Crippen molar-refractivity contribution in [3.8, 4) is 11.3 Å². The van der Waals surface area contributed by atoms with Gasteiger partial charge in [-0.15, -0.1) is 0 Å². The molecule has 0 unspecified atom stereocenters. The molecule has 4 heterocycles. The van der Waals surface area contributed by atoms with Gasteiger partial charge in [0.2, 0.25) is 11.8 Å². The summed E-state index contributed by atoms with van der Waals surface area (Å²) in [4.78, 5) is 38.8. The first-order valence-electron chi connectivity index (χ1n) is 12.3. The number of carbonyl (C=O) groups excluding carboxylic acids is 2. The Bertz CT molecular complexity index is 1480. The molecule has 38 heavy (non-hydrogen) atoms. The van der Waals surface area contributed by atoms with Gasteiger partial charge in [-0.1, -0.05) is 30.8 Å². The van der Waals surface area contributed by atoms with Crippen LogP contribution in [0.1, 0.15) is 30.1 Å². The van der Waals surface area contributed by atoms with Gasteiger partial charge in [0.25, 0.3) is 0 Å². The van der Waals surface area contributed by atoms with Gasteiger partial charge in [-0.2, -0.15) is 5.10 Å². The van der Waals surface area contributed by atoms with Crippen LogP contribution in [0.2, 0.25) is 0 Å². The average molecular weight is 515 g/mol. The molecule has 11 heteroatoms. The number of nitrogen functional groups attached to an aromatic ring is 1. The monoisotopic (exact) mass is 514 g/mol. The molecule has 1 aromatic carbocycles. The third-order valence-corrected chi connectivity index (χ3v) is 6.59. The van der Waals surface area contributed by atoms with E-state index in [0.717, 1.165) is 30.2 Å². The Morgan fingerprint density at radius 1 is 1.16 bits per heavy atom. The van der Waals surface area contributed by atoms with Gasteiger partial charge in [0.15, 0.2) is 5.65 Å². The van der Waals surface area contributed by atoms with Gasteiger partial charge in [0.1, 0.15) is 23.7 Å². The van der Waals surface area contributed by atoms with Gasteiger partial charge in [-0.25, -0.2) is 19.0 Å². The normalized spacial score (nSPS) is 15.4. The standard InChI is InChI=1S/C27H27FN8O2/c1-2-23(38)35-11-3-4-21(15-35)36-27-24(26(29)32-16-33-27)25(34-36)18-7-5-17(6-8-18)13-31-22(37)12-20-10-9-19(28)14-30-20/h2,5-10,14,16,21H,1,3-4,11-13,15H2,(H,31,37)(H2,29,32,33)/t21-/m1/s1. The number of fused-ring (bicyclic) bond motifs is 1. The van der Waals surface area contributed by atoms with Crippen molar-refractivity contribution in [3.05, 3.63) is 78.7 Å². The second kappa shape index (κ2) is 10.8. The first-order chi connectivity index (χ1) is 18.4. The van der Waals surface area contributed by atoms with Crippen LogP contribution in [0.25, 0.3) is 22.3 Å². The van der Waals surface area contributed by atoms with Gasteiger partial charge in [-0.05, 0) is 36.6 Å². The van der Waals surface area contributed by atoms with Crippen molar-refractivity contribution in [2.24, 2.45) is 0 Å². The zero-order valence-corrected chi connectivity index (χ0v) is 20.7. The second-order valence-corrected chi connectivity index (χ2v) is 9.15. The topological polar surface area (TPSA) is 132 Å². The van der Waals surface area contributed by atoms with Crippen LogP contribution in [-0.4, -0.2) is 54.5 Å². The van der Waals surface area contributed by atoms with Crippen molar-refractivity contribution in [1.82, 2.24) is 34.9 Å². The molecule has 0 spiro atoms. The van der Waals surface area contributed by atoms with Crippen LogP contribution in [0.5, 0.6) is 0 Å². The van der Waals surface area contributed by atoms with Crippen molar-refractivity contribution in [3.63, 3.8) is 0 Å². The summed E-state index contributed by atoms with van der Waals surface area (Å²) in [7, 11) is 0. The van der Waals surface area contributed by atoms with E-state index < -0.39 is 5.82 Å². The van der Waals surface area contributed by atoms with Crippen LogP contribution < -0.4 is 11.1 Å². The molecule has 10 nitrogen and oxygen atoms in total. The van der Waals surface area contributed by atoms with Gasteiger partial charge in [-0.3, -0.25) is 14.6 Å². The number of amides is 2. The Labute approximate surface area is 218 Å². The van der Waals surface area contributed by atoms with Gasteiger partial charge in [0.05, 0.1) is 24.0 Å². The van der Waals surface area contributed by atoms with Gasteiger partial charge >= 0.3 is 0 Å². The predicted octanol–water partition coefficient (Wildman–Crippen LogP) is 2.82. The molecule has 4 aromatic rings. The molecule has 1 aliphatic rings. The Morgan fingerprint density at radius 3 is 2.71 bits per heavy atom. The third-order valence-electron chi connectivity index (χ3n) is 6.59. The zero-order chi connectivity index (χ0) is 26.6. The second-order valence-electron chi connectivity index (χ2n) is 9.15. The van der Waals surface area contributed by atoms with E-state index in [4.69, 9.17) is 10.8 Å². The third kappa shape index (κ3) is 5.22. The van der Waals surface area contributed by atoms with Crippen molar-refractivity contribution < 1.29 is 14.0 Å². The first kappa shape index (κ1) is 25.0. The maximum Gasteiger partial charge on any atom is 0.246 e. The molecule has 3 aromatic heterocycles. The molecule has 1 aliphatic heterocycles. The van der Waals surface area contributed by atoms with E-state index in [1.165, 1.54) is 24.5 Å². The van der Waals surface area contributed by atoms with Crippen LogP contribution in [-0.2, 0) is 22.6 Å². The van der Waals surface area contributed by atoms with E-state index in [1.807, 2.05) is 28.9 Å². The lowest BCUT2D eigenvalue weighted by Crippen LogP contribution is -2.40. The minimum atomic E-state index is -0.441. The number of aromatic nitrogens is 5. The smallest absolute Gasteiger partial charge is 0.246 e. The van der Waals surface area contributed by atoms with Crippen LogP contribution in [0.4, 0.5) is 10.2 Å². The van der Waals surface area contributed by atoms with Crippen molar-refractivity contribution in [2.45, 2.75) is 31.8 Å². The molecule has 3 N–H and O–H groups in total. The zero-order valence-electron chi connectivity index (χ0n) is 20.7. The number of rotatable bonds is 7. The average Bonchev–Trinajstić information content (AvgIpc) is 3.34. The van der Waals surface area contributed by atoms with Crippen molar-refractivity contribution in [2.75, 3.05) is 18.8 Å². The number of halogens is 1. The number of benzene rings is 1. The van der Waals surface area contributed by atoms with Crippen molar-refractivity contribution >= 4 is 28.7 Å². The quantitative estimate of drug-likeness (QED) is 0.363. The van der Waals surface area contributed by atoms with E-state index in [2.05, 4.69) is 26.8 Å². The molecule has 5 rings (SSSR count). The maximum atomic E-state index is 13.0. The minimum absolute atomic E-state index is 0.0525. The molecule has 2 amide bonds. The van der Waals surface area contributed by atoms with Crippen LogP contribution in [0.3, 0.4) is 0 Å². The van der Waals surface area contributed by atoms with E-state index in [9.17, 15) is 14.0 Å². The first-order valence-corrected chi connectivity index (χ1v) is 12.3. The number of pyridine rings is 1. The Balaban J connectivity index is 1.34. The van der Waals surface area contributed by atoms with Gasteiger partial charge < -0.3 is 16.0 Å². The predicted molar refractivity (Wildman–Crippen MR) is 140 cm³/mol. The number of carbonyl (C=O) groups is 2. The summed E-state index contributed by atoms with van der Waals surface area (Å²) in [5.41, 5.74) is 9.76. The van der Waals surface area contributed by atoms with Crippen LogP contribution in [0, 0.1) is 5.82 Å². The van der Waals surface area contributed by atoms with E-state index in [1.54, 1.807) is 4.90 Å². The molecule has 0 radical (unpaired) electrons. The Hall–Kier alpha value is -4.67. The molecular weight excluding hydrogens is 487 g/mol. The number of hydrogen-bond donors (Lipinski definition) is 2. The molecule has 0 bridgehead atoms. The summed E-state index contributed by atoms with van der Waals surface area (Å²) in [5.74, 6) is -0.419. The Kier molecular flexibility index (Phi) is 7.07. The summed E-state index contributed by atoms with van der Waals surface area (Å²) in [6.07, 6.45) is 5.61. The lowest BCUT2D eigenvalue weighted by atomic mass is 10.1. The molecule has 194 valence electrons. The summed E-state index contributed by atoms with van der Waals surface area (Å²) in [6, 6.07) is 10.4. The maximum absolute atomic E-state index is 13.0. The highest BCUT2D eigenvalue weighted by molar-refractivity contribution is 5.98. The summed E-state index contributed by atoms with van der Waals surface area (Å²) in [6.45, 7) is 5.12. The highest BCUT2D eigenvalue weighted by Gasteiger charge is 2.28. The van der Waals surface area contributed by atoms with Crippen LogP contribution >= 0.6 is 0 Å². The SMILES string of the molecule is C=CC(=O)N1CCC[C@@H](n2nc(-c3ccc(CNC(=O)Cc4ccc(F)cn4)cc3)c3c(N)ncnc32)C1. The van der Waals surface area contributed by atoms with E-state index in [0.29, 0.717) is 47.9 Å². The summed E-state index contributed by atoms with van der Waals surface area (Å²) >= 11 is 0. The van der Waals surface area contributed by atoms with Crippen LogP contribution in [0.15, 0.2) is 61.6 Å². The van der Waals surface area contributed by atoms with Gasteiger partial charge in [0, 0.05) is 30.9 Å². The number of nitrogens with one attached hydrogen (secondary N) is 1. The minimum Gasteiger partial charge on any atom is -0.383 e. The van der Waals surface area contributed by atoms with E-state index >= 15 is 0 Å². The molecule has 1 atom stereocenters. The lowest BCUT2D eigenvalue weighted by molar-refractivity contribution is -0.127. The van der Waals surface area contributed by atoms with Crippen molar-refractivity contribution in [1.29, 1.82) is 0 Å². The van der Waals surface area contributed by atoms with E-state index in [-0.39, 0.29) is 24.3 Å². The number of hydrogen-bond acceptors (Lipinski definition) is 7. The fourth-order valence-corrected chi connectivity index (χ4v) is 4.65. The Morgan fingerprint density at radius 2 is 1.97 bits per heavy atom. The molecule has 1 fully saturated rings. The number of likely N-dealkylation sites (tertiary alicyclic amines) is 1. The molecule has 1 saturated heterocycles. The number of anilines is 1. The number of piperidine rings is 1. The molecule has 0 aliphatic carbocycles. The fourth-order valence-electron chi connectivity index (χ4n) is 4.65. The number of nitrogens with two attached hydrogens (primary N) is 1. The summed E-state index contributed by atoms with van der Waals surface area (Å²) in [5, 5.41) is 8.40.